The number of nitrogens with zero attached hydrogens (tertiary/aromatic N) is 1. The van der Waals surface area contributed by atoms with Crippen molar-refractivity contribution in [3.05, 3.63) is 60.2 Å². The number of urea groups is 1. The van der Waals surface area contributed by atoms with Crippen LogP contribution in [-0.2, 0) is 20.8 Å². The van der Waals surface area contributed by atoms with Gasteiger partial charge in [-0.25, -0.2) is 9.59 Å². The minimum Gasteiger partial charge on any atom is -0.480 e. The number of benzene rings is 2. The van der Waals surface area contributed by atoms with Gasteiger partial charge in [0.15, 0.2) is 0 Å². The molecule has 1 aliphatic heterocycles. The van der Waals surface area contributed by atoms with Crippen LogP contribution in [0.4, 0.5) is 16.2 Å². The molecule has 1 heterocycles. The minimum absolute atomic E-state index is 0.150. The predicted molar refractivity (Wildman–Crippen MR) is 133 cm³/mol. The third-order valence-electron chi connectivity index (χ3n) is 5.95. The Morgan fingerprint density at radius 3 is 2.20 bits per heavy atom. The highest BCUT2D eigenvalue weighted by Gasteiger charge is 2.40. The Bertz CT molecular complexity index is 1090. The van der Waals surface area contributed by atoms with Gasteiger partial charge in [-0.1, -0.05) is 70.2 Å². The Kier molecular flexibility index (Phi) is 8.11. The zero-order chi connectivity index (χ0) is 25.7. The lowest BCUT2D eigenvalue weighted by atomic mass is 9.97. The van der Waals surface area contributed by atoms with Gasteiger partial charge >= 0.3 is 12.0 Å². The number of para-hydroxylation sites is 2. The van der Waals surface area contributed by atoms with Crippen LogP contribution in [0, 0.1) is 11.8 Å². The third-order valence-corrected chi connectivity index (χ3v) is 5.95. The molecular weight excluding hydrogens is 448 g/mol. The summed E-state index contributed by atoms with van der Waals surface area (Å²) in [6.07, 6.45) is 0.150. The smallest absolute Gasteiger partial charge is 0.326 e. The average Bonchev–Trinajstić information content (AvgIpc) is 2.80. The molecule has 4 N–H and O–H groups in total. The number of rotatable bonds is 8. The van der Waals surface area contributed by atoms with E-state index in [1.807, 2.05) is 44.2 Å². The van der Waals surface area contributed by atoms with Crippen molar-refractivity contribution in [3.63, 3.8) is 0 Å². The molecule has 9 nitrogen and oxygen atoms in total. The highest BCUT2D eigenvalue weighted by Crippen LogP contribution is 2.34. The van der Waals surface area contributed by atoms with E-state index in [4.69, 9.17) is 0 Å². The molecule has 0 fully saturated rings. The lowest BCUT2D eigenvalue weighted by Crippen LogP contribution is -2.60. The zero-order valence-corrected chi connectivity index (χ0v) is 20.3. The molecule has 0 saturated heterocycles. The molecule has 0 radical (unpaired) electrons. The van der Waals surface area contributed by atoms with Crippen LogP contribution in [0.2, 0.25) is 0 Å². The number of hydrogen-bond donors (Lipinski definition) is 4. The van der Waals surface area contributed by atoms with Crippen LogP contribution in [0.25, 0.3) is 0 Å². The summed E-state index contributed by atoms with van der Waals surface area (Å²) < 4.78 is 0. The molecule has 0 aromatic heterocycles. The van der Waals surface area contributed by atoms with Crippen molar-refractivity contribution in [2.75, 3.05) is 10.2 Å². The van der Waals surface area contributed by atoms with Crippen LogP contribution in [0.15, 0.2) is 54.6 Å². The summed E-state index contributed by atoms with van der Waals surface area (Å²) in [5.41, 5.74) is 1.81. The Balaban J connectivity index is 1.93. The number of nitrogens with one attached hydrogen (secondary N) is 3. The van der Waals surface area contributed by atoms with Gasteiger partial charge in [0.05, 0.1) is 11.4 Å². The van der Waals surface area contributed by atoms with Crippen molar-refractivity contribution < 1.29 is 24.3 Å². The maximum Gasteiger partial charge on any atom is 0.326 e. The summed E-state index contributed by atoms with van der Waals surface area (Å²) >= 11 is 0. The maximum atomic E-state index is 13.6. The Morgan fingerprint density at radius 2 is 1.60 bits per heavy atom. The highest BCUT2D eigenvalue weighted by atomic mass is 16.4. The third kappa shape index (κ3) is 5.98. The van der Waals surface area contributed by atoms with Crippen molar-refractivity contribution in [1.29, 1.82) is 0 Å². The molecule has 1 aliphatic rings. The highest BCUT2D eigenvalue weighted by molar-refractivity contribution is 6.12. The number of carboxylic acids is 1. The summed E-state index contributed by atoms with van der Waals surface area (Å²) in [6, 6.07) is 12.5. The fourth-order valence-electron chi connectivity index (χ4n) is 4.14. The van der Waals surface area contributed by atoms with E-state index in [0.29, 0.717) is 11.4 Å². The van der Waals surface area contributed by atoms with Gasteiger partial charge in [-0.05, 0) is 29.5 Å². The Hall–Kier alpha value is -3.88. The van der Waals surface area contributed by atoms with E-state index < -0.39 is 36.0 Å². The number of fused-ring (bicyclic) bond motifs is 1. The SMILES string of the molecule is CC(C)[C@H](NC(=O)[C@@H](Cc1ccccc1)NC(=O)N1c2ccccc2NC(=O)[C@@H]1C(C)C)C(=O)O. The number of aliphatic carboxylic acids is 1. The molecular formula is C26H32N4O5. The second-order valence-electron chi connectivity index (χ2n) is 9.33. The number of hydrogen-bond acceptors (Lipinski definition) is 4. The number of carboxylic acid groups (broad SMARTS) is 1. The van der Waals surface area contributed by atoms with Crippen LogP contribution in [0.1, 0.15) is 33.3 Å². The second kappa shape index (κ2) is 11.0. The number of carbonyl (C=O) groups excluding carboxylic acids is 3. The normalized spacial score (nSPS) is 16.8. The first-order chi connectivity index (χ1) is 16.6. The molecule has 0 aliphatic carbocycles. The molecule has 2 aromatic rings. The molecule has 3 atom stereocenters. The second-order valence-corrected chi connectivity index (χ2v) is 9.33. The van der Waals surface area contributed by atoms with Crippen LogP contribution in [-0.4, -0.2) is 47.0 Å². The van der Waals surface area contributed by atoms with Crippen molar-refractivity contribution in [2.45, 2.75) is 52.2 Å². The van der Waals surface area contributed by atoms with Gasteiger partial charge in [0.25, 0.3) is 0 Å². The standard InChI is InChI=1S/C26H32N4O5/c1-15(2)21(25(33)34)29-23(31)19(14-17-10-6-5-7-11-17)28-26(35)30-20-13-9-8-12-18(20)27-24(32)22(30)16(3)4/h5-13,15-16,19,21-22H,14H2,1-4H3,(H,27,32)(H,28,35)(H,29,31)(H,33,34)/t19-,21+,22+/m1/s1. The first-order valence-corrected chi connectivity index (χ1v) is 11.7. The van der Waals surface area contributed by atoms with Gasteiger partial charge in [0.2, 0.25) is 11.8 Å². The summed E-state index contributed by atoms with van der Waals surface area (Å²) in [5.74, 6) is -2.64. The first-order valence-electron chi connectivity index (χ1n) is 11.7. The van der Waals surface area contributed by atoms with Crippen molar-refractivity contribution in [2.24, 2.45) is 11.8 Å². The quantitative estimate of drug-likeness (QED) is 0.462. The summed E-state index contributed by atoms with van der Waals surface area (Å²) in [5, 5.41) is 17.7. The lowest BCUT2D eigenvalue weighted by molar-refractivity contribution is -0.143. The number of amides is 4. The van der Waals surface area contributed by atoms with Gasteiger partial charge in [0, 0.05) is 6.42 Å². The van der Waals surface area contributed by atoms with E-state index in [1.165, 1.54) is 4.90 Å². The lowest BCUT2D eigenvalue weighted by Gasteiger charge is -2.39. The van der Waals surface area contributed by atoms with Gasteiger partial charge in [0.1, 0.15) is 18.1 Å². The molecule has 4 amide bonds. The van der Waals surface area contributed by atoms with Crippen LogP contribution >= 0.6 is 0 Å². The van der Waals surface area contributed by atoms with Crippen LogP contribution in [0.5, 0.6) is 0 Å². The zero-order valence-electron chi connectivity index (χ0n) is 20.3. The molecule has 0 unspecified atom stereocenters. The maximum absolute atomic E-state index is 13.6. The molecule has 9 heteroatoms. The predicted octanol–water partition coefficient (Wildman–Crippen LogP) is 3.02. The van der Waals surface area contributed by atoms with E-state index >= 15 is 0 Å². The van der Waals surface area contributed by atoms with E-state index in [-0.39, 0.29) is 24.2 Å². The molecule has 35 heavy (non-hydrogen) atoms. The molecule has 0 bridgehead atoms. The van der Waals surface area contributed by atoms with E-state index in [9.17, 15) is 24.3 Å². The Labute approximate surface area is 204 Å². The summed E-state index contributed by atoms with van der Waals surface area (Å²) in [7, 11) is 0. The summed E-state index contributed by atoms with van der Waals surface area (Å²) in [6.45, 7) is 7.07. The van der Waals surface area contributed by atoms with Crippen molar-refractivity contribution in [3.8, 4) is 0 Å². The monoisotopic (exact) mass is 480 g/mol. The minimum atomic E-state index is -1.15. The van der Waals surface area contributed by atoms with E-state index in [1.54, 1.807) is 38.1 Å². The van der Waals surface area contributed by atoms with Crippen molar-refractivity contribution >= 4 is 35.2 Å². The van der Waals surface area contributed by atoms with E-state index in [0.717, 1.165) is 5.56 Å². The van der Waals surface area contributed by atoms with E-state index in [2.05, 4.69) is 16.0 Å². The van der Waals surface area contributed by atoms with Gasteiger partial charge in [-0.2, -0.15) is 0 Å². The van der Waals surface area contributed by atoms with Gasteiger partial charge in [-0.15, -0.1) is 0 Å². The largest absolute Gasteiger partial charge is 0.480 e. The molecule has 3 rings (SSSR count). The van der Waals surface area contributed by atoms with Gasteiger partial charge < -0.3 is 21.1 Å². The molecule has 0 spiro atoms. The fraction of sp³-hybridized carbons (Fsp3) is 0.385. The number of carbonyl (C=O) groups is 4. The molecule has 0 saturated carbocycles. The van der Waals surface area contributed by atoms with Crippen molar-refractivity contribution in [1.82, 2.24) is 10.6 Å². The van der Waals surface area contributed by atoms with Crippen LogP contribution < -0.4 is 20.9 Å². The first kappa shape index (κ1) is 25.7. The molecule has 186 valence electrons. The summed E-state index contributed by atoms with van der Waals surface area (Å²) in [4.78, 5) is 52.7. The topological polar surface area (TPSA) is 128 Å². The van der Waals surface area contributed by atoms with Crippen LogP contribution in [0.3, 0.4) is 0 Å². The fourth-order valence-corrected chi connectivity index (χ4v) is 4.14. The average molecular weight is 481 g/mol. The molecule has 2 aromatic carbocycles. The van der Waals surface area contributed by atoms with Gasteiger partial charge in [-0.3, -0.25) is 14.5 Å². The Morgan fingerprint density at radius 1 is 0.971 bits per heavy atom. The number of anilines is 2.